The number of aromatic carboxylic acids is 1. The predicted octanol–water partition coefficient (Wildman–Crippen LogP) is 6.69. The van der Waals surface area contributed by atoms with Crippen molar-refractivity contribution in [1.82, 2.24) is 0 Å². The molecule has 0 heterocycles. The maximum absolute atomic E-state index is 13.4. The Balaban J connectivity index is 1.52. The van der Waals surface area contributed by atoms with Gasteiger partial charge in [0.1, 0.15) is 5.25 Å². The first kappa shape index (κ1) is 26.0. The Bertz CT molecular complexity index is 1410. The molecule has 0 spiro atoms. The molecule has 0 radical (unpaired) electrons. The van der Waals surface area contributed by atoms with E-state index in [0.717, 1.165) is 16.0 Å². The highest BCUT2D eigenvalue weighted by atomic mass is 35.5. The van der Waals surface area contributed by atoms with Crippen LogP contribution < -0.4 is 10.6 Å². The molecule has 0 aliphatic heterocycles. The number of anilines is 2. The highest BCUT2D eigenvalue weighted by molar-refractivity contribution is 8.00. The number of carboxylic acids is 1. The molecule has 3 N–H and O–H groups in total. The predicted molar refractivity (Wildman–Crippen MR) is 147 cm³/mol. The van der Waals surface area contributed by atoms with Gasteiger partial charge in [0.25, 0.3) is 0 Å². The smallest absolute Gasteiger partial charge is 0.337 e. The minimum absolute atomic E-state index is 0.0885. The van der Waals surface area contributed by atoms with Gasteiger partial charge in [-0.25, -0.2) is 4.79 Å². The molecular formula is C29H23ClN2O4S. The molecule has 2 amide bonds. The zero-order valence-electron chi connectivity index (χ0n) is 19.6. The average molecular weight is 531 g/mol. The van der Waals surface area contributed by atoms with Crippen LogP contribution >= 0.6 is 23.4 Å². The number of halogens is 1. The monoisotopic (exact) mass is 530 g/mol. The molecule has 0 saturated heterocycles. The van der Waals surface area contributed by atoms with Crippen LogP contribution in [0.3, 0.4) is 0 Å². The van der Waals surface area contributed by atoms with Crippen LogP contribution in [-0.2, 0) is 16.0 Å². The van der Waals surface area contributed by atoms with E-state index in [2.05, 4.69) is 10.6 Å². The summed E-state index contributed by atoms with van der Waals surface area (Å²) in [6.45, 7) is 0. The molecule has 0 saturated carbocycles. The van der Waals surface area contributed by atoms with Crippen LogP contribution in [0.1, 0.15) is 26.7 Å². The molecule has 4 rings (SSSR count). The van der Waals surface area contributed by atoms with Crippen LogP contribution in [0.25, 0.3) is 0 Å². The van der Waals surface area contributed by atoms with Gasteiger partial charge in [-0.15, -0.1) is 11.8 Å². The second kappa shape index (κ2) is 12.3. The van der Waals surface area contributed by atoms with E-state index in [4.69, 9.17) is 11.6 Å². The third kappa shape index (κ3) is 7.22. The van der Waals surface area contributed by atoms with E-state index in [9.17, 15) is 19.5 Å². The molecule has 0 fully saturated rings. The van der Waals surface area contributed by atoms with Crippen molar-refractivity contribution in [2.45, 2.75) is 16.6 Å². The highest BCUT2D eigenvalue weighted by Crippen LogP contribution is 2.37. The van der Waals surface area contributed by atoms with Gasteiger partial charge in [0.15, 0.2) is 0 Å². The van der Waals surface area contributed by atoms with Crippen molar-refractivity contribution in [3.05, 3.63) is 125 Å². The number of amides is 2. The standard InChI is InChI=1S/C29H23ClN2O4S/c30-25-15-14-22(18-24(25)29(35)36)32-28(34)27(20-10-5-2-6-11-20)37-23-13-7-12-21(17-23)31-26(33)16-19-8-3-1-4-9-19/h1-15,17-18,27H,16H2,(H,31,33)(H,32,34)(H,35,36). The number of carboxylic acid groups (broad SMARTS) is 1. The van der Waals surface area contributed by atoms with Crippen molar-refractivity contribution in [2.24, 2.45) is 0 Å². The van der Waals surface area contributed by atoms with E-state index in [-0.39, 0.29) is 28.8 Å². The Labute approximate surface area is 223 Å². The average Bonchev–Trinajstić information content (AvgIpc) is 2.89. The Morgan fingerprint density at radius 1 is 0.784 bits per heavy atom. The minimum Gasteiger partial charge on any atom is -0.478 e. The molecule has 1 unspecified atom stereocenters. The zero-order valence-corrected chi connectivity index (χ0v) is 21.1. The molecule has 186 valence electrons. The molecule has 0 aliphatic carbocycles. The Hall–Kier alpha value is -4.07. The van der Waals surface area contributed by atoms with Gasteiger partial charge in [0, 0.05) is 16.3 Å². The van der Waals surface area contributed by atoms with E-state index in [0.29, 0.717) is 11.4 Å². The quantitative estimate of drug-likeness (QED) is 0.209. The molecule has 4 aromatic rings. The lowest BCUT2D eigenvalue weighted by Crippen LogP contribution is -2.19. The zero-order chi connectivity index (χ0) is 26.2. The number of hydrogen-bond donors (Lipinski definition) is 3. The Morgan fingerprint density at radius 3 is 2.16 bits per heavy atom. The SMILES string of the molecule is O=C(Cc1ccccc1)Nc1cccc(SC(C(=O)Nc2ccc(Cl)c(C(=O)O)c2)c2ccccc2)c1. The van der Waals surface area contributed by atoms with Crippen LogP contribution in [0.5, 0.6) is 0 Å². The van der Waals surface area contributed by atoms with Crippen LogP contribution in [0.15, 0.2) is 108 Å². The number of nitrogens with one attached hydrogen (secondary N) is 2. The van der Waals surface area contributed by atoms with Gasteiger partial charge in [-0.1, -0.05) is 78.3 Å². The summed E-state index contributed by atoms with van der Waals surface area (Å²) < 4.78 is 0. The second-order valence-electron chi connectivity index (χ2n) is 8.14. The van der Waals surface area contributed by atoms with Crippen molar-refractivity contribution in [2.75, 3.05) is 10.6 Å². The fourth-order valence-corrected chi connectivity index (χ4v) is 4.93. The Kier molecular flexibility index (Phi) is 8.61. The van der Waals surface area contributed by atoms with Gasteiger partial charge in [-0.05, 0) is 47.5 Å². The number of carbonyl (C=O) groups is 3. The van der Waals surface area contributed by atoms with Crippen molar-refractivity contribution < 1.29 is 19.5 Å². The summed E-state index contributed by atoms with van der Waals surface area (Å²) in [7, 11) is 0. The third-order valence-electron chi connectivity index (χ3n) is 5.38. The summed E-state index contributed by atoms with van der Waals surface area (Å²) in [5, 5.41) is 14.5. The van der Waals surface area contributed by atoms with Crippen molar-refractivity contribution in [3.8, 4) is 0 Å². The number of hydrogen-bond acceptors (Lipinski definition) is 4. The van der Waals surface area contributed by atoms with Crippen LogP contribution in [-0.4, -0.2) is 22.9 Å². The molecule has 37 heavy (non-hydrogen) atoms. The Morgan fingerprint density at radius 2 is 1.46 bits per heavy atom. The fraction of sp³-hybridized carbons (Fsp3) is 0.0690. The summed E-state index contributed by atoms with van der Waals surface area (Å²) >= 11 is 7.28. The first-order valence-electron chi connectivity index (χ1n) is 11.4. The number of benzene rings is 4. The van der Waals surface area contributed by atoms with Gasteiger partial charge < -0.3 is 15.7 Å². The van der Waals surface area contributed by atoms with Crippen molar-refractivity contribution in [3.63, 3.8) is 0 Å². The van der Waals surface area contributed by atoms with E-state index in [1.54, 1.807) is 12.1 Å². The maximum atomic E-state index is 13.4. The molecule has 4 aromatic carbocycles. The number of thioether (sulfide) groups is 1. The number of rotatable bonds is 9. The molecule has 0 aromatic heterocycles. The topological polar surface area (TPSA) is 95.5 Å². The number of carbonyl (C=O) groups excluding carboxylic acids is 2. The van der Waals surface area contributed by atoms with Crippen LogP contribution in [0.4, 0.5) is 11.4 Å². The molecule has 8 heteroatoms. The summed E-state index contributed by atoms with van der Waals surface area (Å²) in [4.78, 5) is 38.1. The van der Waals surface area contributed by atoms with E-state index in [1.165, 1.54) is 23.9 Å². The maximum Gasteiger partial charge on any atom is 0.337 e. The lowest BCUT2D eigenvalue weighted by Gasteiger charge is -2.18. The normalized spacial score (nSPS) is 11.4. The highest BCUT2D eigenvalue weighted by Gasteiger charge is 2.23. The van der Waals surface area contributed by atoms with Crippen LogP contribution in [0.2, 0.25) is 5.02 Å². The van der Waals surface area contributed by atoms with Crippen LogP contribution in [0, 0.1) is 0 Å². The van der Waals surface area contributed by atoms with Crippen molar-refractivity contribution >= 4 is 52.5 Å². The largest absolute Gasteiger partial charge is 0.478 e. The minimum atomic E-state index is -1.18. The van der Waals surface area contributed by atoms with E-state index in [1.807, 2.05) is 78.9 Å². The molecule has 0 bridgehead atoms. The van der Waals surface area contributed by atoms with Gasteiger partial charge in [-0.3, -0.25) is 9.59 Å². The summed E-state index contributed by atoms with van der Waals surface area (Å²) in [5.41, 5.74) is 2.55. The van der Waals surface area contributed by atoms with Crippen molar-refractivity contribution in [1.29, 1.82) is 0 Å². The first-order valence-corrected chi connectivity index (χ1v) is 12.6. The van der Waals surface area contributed by atoms with Gasteiger partial charge in [0.2, 0.25) is 11.8 Å². The van der Waals surface area contributed by atoms with E-state index >= 15 is 0 Å². The third-order valence-corrected chi connectivity index (χ3v) is 6.96. The molecule has 6 nitrogen and oxygen atoms in total. The van der Waals surface area contributed by atoms with E-state index < -0.39 is 11.2 Å². The molecular weight excluding hydrogens is 508 g/mol. The fourth-order valence-electron chi connectivity index (χ4n) is 3.65. The lowest BCUT2D eigenvalue weighted by atomic mass is 10.1. The first-order chi connectivity index (χ1) is 17.9. The summed E-state index contributed by atoms with van der Waals surface area (Å²) in [6.07, 6.45) is 0.257. The molecule has 1 atom stereocenters. The summed E-state index contributed by atoms with van der Waals surface area (Å²) in [6, 6.07) is 30.4. The second-order valence-corrected chi connectivity index (χ2v) is 9.72. The van der Waals surface area contributed by atoms with Gasteiger partial charge in [0.05, 0.1) is 17.0 Å². The molecule has 0 aliphatic rings. The lowest BCUT2D eigenvalue weighted by molar-refractivity contribution is -0.116. The summed E-state index contributed by atoms with van der Waals surface area (Å²) in [5.74, 6) is -1.64. The van der Waals surface area contributed by atoms with Gasteiger partial charge in [-0.2, -0.15) is 0 Å². The van der Waals surface area contributed by atoms with Gasteiger partial charge >= 0.3 is 5.97 Å².